The van der Waals surface area contributed by atoms with Crippen LogP contribution in [-0.4, -0.2) is 44.4 Å². The molecule has 0 radical (unpaired) electrons. The van der Waals surface area contributed by atoms with Crippen molar-refractivity contribution in [1.29, 1.82) is 0 Å². The number of nitrogens with zero attached hydrogens (tertiary/aromatic N) is 1. The van der Waals surface area contributed by atoms with Gasteiger partial charge in [-0.05, 0) is 22.3 Å². The first-order valence-electron chi connectivity index (χ1n) is 12.2. The Morgan fingerprint density at radius 1 is 0.914 bits per heavy atom. The van der Waals surface area contributed by atoms with E-state index in [9.17, 15) is 5.21 Å². The van der Waals surface area contributed by atoms with E-state index in [0.717, 1.165) is 10.3 Å². The van der Waals surface area contributed by atoms with E-state index in [2.05, 4.69) is 69.3 Å². The summed E-state index contributed by atoms with van der Waals surface area (Å²) < 4.78 is 20.2. The molecule has 3 aromatic carbocycles. The molecule has 0 amide bonds. The highest BCUT2D eigenvalue weighted by molar-refractivity contribution is 6.99. The second kappa shape index (κ2) is 10.9. The topological polar surface area (TPSA) is 53.8 Å². The van der Waals surface area contributed by atoms with Crippen molar-refractivity contribution >= 4 is 24.9 Å². The summed E-state index contributed by atoms with van der Waals surface area (Å²) >= 11 is 0. The van der Waals surface area contributed by atoms with Crippen LogP contribution in [0.15, 0.2) is 91.0 Å². The van der Waals surface area contributed by atoms with Crippen LogP contribution in [-0.2, 0) is 20.4 Å². The van der Waals surface area contributed by atoms with Gasteiger partial charge in [-0.15, -0.1) is 0 Å². The SMILES string of the molecule is C[C@@H]1OC[C@@H](O[Si](c2ccccc2)(c2ccccc2)C(C)(C)C)[C@H](/C=[N+](\[O-])Cc2ccccc2)O1. The van der Waals surface area contributed by atoms with Gasteiger partial charge in [-0.2, -0.15) is 0 Å². The van der Waals surface area contributed by atoms with E-state index in [-0.39, 0.29) is 11.6 Å². The van der Waals surface area contributed by atoms with E-state index in [0.29, 0.717) is 6.61 Å². The van der Waals surface area contributed by atoms with E-state index < -0.39 is 26.8 Å². The van der Waals surface area contributed by atoms with Crippen molar-refractivity contribution in [2.75, 3.05) is 6.61 Å². The highest BCUT2D eigenvalue weighted by Crippen LogP contribution is 2.38. The molecule has 0 aromatic heterocycles. The molecule has 0 aliphatic carbocycles. The summed E-state index contributed by atoms with van der Waals surface area (Å²) in [5.74, 6) is 0. The van der Waals surface area contributed by atoms with Crippen molar-refractivity contribution in [3.63, 3.8) is 0 Å². The Morgan fingerprint density at radius 3 is 1.94 bits per heavy atom. The van der Waals surface area contributed by atoms with Crippen LogP contribution in [0.4, 0.5) is 0 Å². The number of ether oxygens (including phenoxy) is 2. The third kappa shape index (κ3) is 5.73. The van der Waals surface area contributed by atoms with Crippen LogP contribution in [0.1, 0.15) is 33.3 Å². The lowest BCUT2D eigenvalue weighted by Crippen LogP contribution is -2.69. The maximum absolute atomic E-state index is 12.9. The third-order valence-electron chi connectivity index (χ3n) is 6.45. The van der Waals surface area contributed by atoms with Gasteiger partial charge in [0.05, 0.1) is 6.61 Å². The molecule has 1 heterocycles. The zero-order valence-electron chi connectivity index (χ0n) is 21.0. The predicted octanol–water partition coefficient (Wildman–Crippen LogP) is 4.47. The van der Waals surface area contributed by atoms with Gasteiger partial charge in [0.15, 0.2) is 25.2 Å². The van der Waals surface area contributed by atoms with Crippen molar-refractivity contribution in [2.45, 2.75) is 57.8 Å². The third-order valence-corrected chi connectivity index (χ3v) is 11.5. The van der Waals surface area contributed by atoms with Gasteiger partial charge in [-0.3, -0.25) is 0 Å². The summed E-state index contributed by atoms with van der Waals surface area (Å²) in [6.07, 6.45) is 0.237. The van der Waals surface area contributed by atoms with Crippen molar-refractivity contribution < 1.29 is 18.6 Å². The first kappa shape index (κ1) is 25.3. The lowest BCUT2D eigenvalue weighted by Gasteiger charge is -2.47. The lowest BCUT2D eigenvalue weighted by atomic mass is 10.2. The fourth-order valence-corrected chi connectivity index (χ4v) is 9.48. The second-order valence-electron chi connectivity index (χ2n) is 10.0. The smallest absolute Gasteiger partial charge is 0.261 e. The molecule has 0 N–H and O–H groups in total. The number of hydroxylamine groups is 1. The summed E-state index contributed by atoms with van der Waals surface area (Å²) in [7, 11) is -2.83. The Morgan fingerprint density at radius 2 is 1.43 bits per heavy atom. The molecule has 4 rings (SSSR count). The molecule has 0 saturated carbocycles. The average molecular weight is 490 g/mol. The number of hydrogen-bond donors (Lipinski definition) is 0. The first-order valence-corrected chi connectivity index (χ1v) is 14.1. The predicted molar refractivity (Wildman–Crippen MR) is 143 cm³/mol. The van der Waals surface area contributed by atoms with Crippen molar-refractivity contribution in [3.05, 3.63) is 102 Å². The monoisotopic (exact) mass is 489 g/mol. The molecule has 35 heavy (non-hydrogen) atoms. The average Bonchev–Trinajstić information content (AvgIpc) is 2.84. The molecule has 3 aromatic rings. The minimum absolute atomic E-state index is 0.190. The molecular formula is C29H35NO4Si. The minimum Gasteiger partial charge on any atom is -0.624 e. The molecule has 6 heteroatoms. The van der Waals surface area contributed by atoms with Gasteiger partial charge >= 0.3 is 0 Å². The van der Waals surface area contributed by atoms with Crippen molar-refractivity contribution in [1.82, 2.24) is 0 Å². The van der Waals surface area contributed by atoms with Gasteiger partial charge in [0.25, 0.3) is 8.32 Å². The van der Waals surface area contributed by atoms with E-state index in [1.165, 1.54) is 10.4 Å². The highest BCUT2D eigenvalue weighted by atomic mass is 28.4. The van der Waals surface area contributed by atoms with Gasteiger partial charge in [-0.1, -0.05) is 112 Å². The van der Waals surface area contributed by atoms with Crippen LogP contribution in [0.2, 0.25) is 5.04 Å². The van der Waals surface area contributed by atoms with Gasteiger partial charge in [-0.25, -0.2) is 4.74 Å². The molecule has 1 aliphatic rings. The number of benzene rings is 3. The summed E-state index contributed by atoms with van der Waals surface area (Å²) in [6, 6.07) is 30.7. The number of rotatable bonds is 7. The Hall–Kier alpha value is -2.77. The highest BCUT2D eigenvalue weighted by Gasteiger charge is 2.53. The molecule has 0 unspecified atom stereocenters. The normalized spacial score (nSPS) is 21.6. The molecule has 1 saturated heterocycles. The molecule has 184 valence electrons. The zero-order chi connectivity index (χ0) is 24.9. The standard InChI is InChI=1S/C29H35NO4Si/c1-23-32-22-28(27(33-23)21-30(31)20-24-14-8-5-9-15-24)34-35(29(2,3)4,25-16-10-6-11-17-25)26-18-12-7-13-19-26/h5-19,21,23,27-28H,20,22H2,1-4H3/b30-21-/t23-,27+,28-/m1/s1. The molecule has 0 spiro atoms. The van der Waals surface area contributed by atoms with Crippen LogP contribution in [0, 0.1) is 5.21 Å². The fraction of sp³-hybridized carbons (Fsp3) is 0.345. The van der Waals surface area contributed by atoms with Crippen LogP contribution in [0.3, 0.4) is 0 Å². The summed E-state index contributed by atoms with van der Waals surface area (Å²) in [5.41, 5.74) is 0.948. The molecule has 1 fully saturated rings. The molecular weight excluding hydrogens is 454 g/mol. The van der Waals surface area contributed by atoms with E-state index in [1.54, 1.807) is 6.21 Å². The molecule has 1 aliphatic heterocycles. The van der Waals surface area contributed by atoms with Crippen molar-refractivity contribution in [3.8, 4) is 0 Å². The Labute approximate surface area is 209 Å². The maximum Gasteiger partial charge on any atom is 0.261 e. The lowest BCUT2D eigenvalue weighted by molar-refractivity contribution is -0.474. The molecule has 3 atom stereocenters. The summed E-state index contributed by atoms with van der Waals surface area (Å²) in [5, 5.41) is 15.1. The van der Waals surface area contributed by atoms with Crippen LogP contribution >= 0.6 is 0 Å². The zero-order valence-corrected chi connectivity index (χ0v) is 22.0. The molecule has 0 bridgehead atoms. The second-order valence-corrected chi connectivity index (χ2v) is 14.3. The van der Waals surface area contributed by atoms with Gasteiger partial charge in [0.1, 0.15) is 6.10 Å². The van der Waals surface area contributed by atoms with E-state index >= 15 is 0 Å². The van der Waals surface area contributed by atoms with E-state index in [1.807, 2.05) is 49.4 Å². The Bertz CT molecular complexity index is 1060. The largest absolute Gasteiger partial charge is 0.624 e. The quantitative estimate of drug-likeness (QED) is 0.162. The van der Waals surface area contributed by atoms with Gasteiger partial charge in [0.2, 0.25) is 0 Å². The minimum atomic E-state index is -2.83. The van der Waals surface area contributed by atoms with E-state index in [4.69, 9.17) is 13.9 Å². The maximum atomic E-state index is 12.9. The van der Waals surface area contributed by atoms with Crippen LogP contribution in [0.25, 0.3) is 0 Å². The Kier molecular flexibility index (Phi) is 7.87. The van der Waals surface area contributed by atoms with Crippen LogP contribution < -0.4 is 10.4 Å². The van der Waals surface area contributed by atoms with Crippen molar-refractivity contribution in [2.24, 2.45) is 0 Å². The fourth-order valence-electron chi connectivity index (χ4n) is 4.80. The molecule has 5 nitrogen and oxygen atoms in total. The van der Waals surface area contributed by atoms with Gasteiger partial charge < -0.3 is 19.1 Å². The van der Waals surface area contributed by atoms with Gasteiger partial charge in [0, 0.05) is 5.56 Å². The summed E-state index contributed by atoms with van der Waals surface area (Å²) in [4.78, 5) is 0. The first-order chi connectivity index (χ1) is 16.8. The summed E-state index contributed by atoms with van der Waals surface area (Å²) in [6.45, 7) is 9.17. The van der Waals surface area contributed by atoms with Crippen LogP contribution in [0.5, 0.6) is 0 Å². The number of hydrogen-bond acceptors (Lipinski definition) is 4. The Balaban J connectivity index is 1.73.